The Hall–Kier alpha value is -1.90. The largest absolute Gasteiger partial charge is 0.495 e. The summed E-state index contributed by atoms with van der Waals surface area (Å²) in [5, 5.41) is 2.89. The lowest BCUT2D eigenvalue weighted by molar-refractivity contribution is -0.116. The molecule has 1 fully saturated rings. The summed E-state index contributed by atoms with van der Waals surface area (Å²) in [4.78, 5) is 14.5. The van der Waals surface area contributed by atoms with E-state index in [0.29, 0.717) is 23.9 Å². The summed E-state index contributed by atoms with van der Waals surface area (Å²) in [6, 6.07) is 4.75. The van der Waals surface area contributed by atoms with Gasteiger partial charge in [-0.25, -0.2) is 13.1 Å². The molecule has 7 nitrogen and oxygen atoms in total. The first-order valence-corrected chi connectivity index (χ1v) is 11.0. The number of hydrogen-bond acceptors (Lipinski definition) is 5. The number of carbonyl (C=O) groups is 1. The third kappa shape index (κ3) is 6.32. The average Bonchev–Trinajstić information content (AvgIpc) is 2.65. The lowest BCUT2D eigenvalue weighted by atomic mass is 9.92. The highest BCUT2D eigenvalue weighted by atomic mass is 32.2. The molecule has 0 aliphatic carbocycles. The van der Waals surface area contributed by atoms with Gasteiger partial charge in [-0.15, -0.1) is 0 Å². The third-order valence-electron chi connectivity index (χ3n) is 4.84. The van der Waals surface area contributed by atoms with Crippen molar-refractivity contribution in [2.24, 2.45) is 11.8 Å². The third-order valence-corrected chi connectivity index (χ3v) is 6.28. The van der Waals surface area contributed by atoms with Crippen LogP contribution in [0.15, 0.2) is 29.2 Å². The monoisotopic (exact) mass is 409 g/mol. The first-order valence-electron chi connectivity index (χ1n) is 9.55. The Labute approximate surface area is 168 Å². The van der Waals surface area contributed by atoms with Crippen molar-refractivity contribution in [1.29, 1.82) is 0 Å². The molecule has 0 aromatic heterocycles. The summed E-state index contributed by atoms with van der Waals surface area (Å²) < 4.78 is 31.6. The van der Waals surface area contributed by atoms with Gasteiger partial charge in [0.05, 0.1) is 7.11 Å². The van der Waals surface area contributed by atoms with Crippen molar-refractivity contribution < 1.29 is 17.9 Å². The van der Waals surface area contributed by atoms with Crippen LogP contribution >= 0.6 is 0 Å². The van der Waals surface area contributed by atoms with Gasteiger partial charge in [0.25, 0.3) is 0 Å². The summed E-state index contributed by atoms with van der Waals surface area (Å²) in [5.41, 5.74) is 0.600. The summed E-state index contributed by atoms with van der Waals surface area (Å²) in [7, 11) is -0.897. The Morgan fingerprint density at radius 3 is 2.57 bits per heavy atom. The predicted octanol–water partition coefficient (Wildman–Crippen LogP) is 1.71. The molecule has 2 N–H and O–H groups in total. The van der Waals surface area contributed by atoms with Gasteiger partial charge in [0.1, 0.15) is 10.6 Å². The van der Waals surface area contributed by atoms with E-state index >= 15 is 0 Å². The SMILES string of the molecule is CNS(=O)(=O)c1cc(/C=C/C(=O)NCCN2CC(C)CC(C)C2)ccc1OC. The smallest absolute Gasteiger partial charge is 0.244 e. The molecule has 0 spiro atoms. The van der Waals surface area contributed by atoms with Crippen LogP contribution in [0.5, 0.6) is 5.75 Å². The molecule has 1 saturated heterocycles. The number of carbonyl (C=O) groups excluding carboxylic acids is 1. The summed E-state index contributed by atoms with van der Waals surface area (Å²) in [6.07, 6.45) is 4.27. The van der Waals surface area contributed by atoms with E-state index in [1.165, 1.54) is 32.7 Å². The van der Waals surface area contributed by atoms with Crippen molar-refractivity contribution >= 4 is 22.0 Å². The number of methoxy groups -OCH3 is 1. The molecule has 1 aliphatic heterocycles. The van der Waals surface area contributed by atoms with Gasteiger partial charge in [0, 0.05) is 32.3 Å². The molecule has 0 saturated carbocycles. The van der Waals surface area contributed by atoms with Gasteiger partial charge in [-0.1, -0.05) is 19.9 Å². The van der Waals surface area contributed by atoms with Crippen LogP contribution in [-0.4, -0.2) is 59.6 Å². The molecule has 2 atom stereocenters. The van der Waals surface area contributed by atoms with Crippen LogP contribution in [0.25, 0.3) is 6.08 Å². The minimum Gasteiger partial charge on any atom is -0.495 e. The fourth-order valence-corrected chi connectivity index (χ4v) is 4.59. The Morgan fingerprint density at radius 1 is 1.29 bits per heavy atom. The van der Waals surface area contributed by atoms with Crippen LogP contribution in [-0.2, 0) is 14.8 Å². The Kier molecular flexibility index (Phi) is 8.03. The normalized spacial score (nSPS) is 21.0. The molecule has 156 valence electrons. The molecular formula is C20H31N3O4S. The van der Waals surface area contributed by atoms with E-state index in [2.05, 4.69) is 28.8 Å². The number of rotatable bonds is 8. The molecule has 1 aliphatic rings. The van der Waals surface area contributed by atoms with Gasteiger partial charge in [0.2, 0.25) is 15.9 Å². The van der Waals surface area contributed by atoms with Gasteiger partial charge in [-0.2, -0.15) is 0 Å². The Bertz CT molecular complexity index is 798. The molecule has 1 amide bonds. The second-order valence-electron chi connectivity index (χ2n) is 7.45. The zero-order chi connectivity index (χ0) is 20.7. The van der Waals surface area contributed by atoms with Crippen molar-refractivity contribution in [3.05, 3.63) is 29.8 Å². The number of ether oxygens (including phenoxy) is 1. The van der Waals surface area contributed by atoms with Crippen LogP contribution in [0.2, 0.25) is 0 Å². The summed E-state index contributed by atoms with van der Waals surface area (Å²) >= 11 is 0. The molecule has 8 heteroatoms. The lowest BCUT2D eigenvalue weighted by Gasteiger charge is -2.34. The second kappa shape index (κ2) is 10.0. The Morgan fingerprint density at radius 2 is 1.96 bits per heavy atom. The van der Waals surface area contributed by atoms with Crippen LogP contribution in [0.1, 0.15) is 25.8 Å². The fraction of sp³-hybridized carbons (Fsp3) is 0.550. The highest BCUT2D eigenvalue weighted by Crippen LogP contribution is 2.25. The van der Waals surface area contributed by atoms with E-state index in [9.17, 15) is 13.2 Å². The van der Waals surface area contributed by atoms with E-state index in [4.69, 9.17) is 4.74 Å². The topological polar surface area (TPSA) is 87.7 Å². The van der Waals surface area contributed by atoms with E-state index in [0.717, 1.165) is 19.6 Å². The zero-order valence-corrected chi connectivity index (χ0v) is 17.9. The van der Waals surface area contributed by atoms with Crippen molar-refractivity contribution in [3.63, 3.8) is 0 Å². The number of piperidine rings is 1. The van der Waals surface area contributed by atoms with Crippen molar-refractivity contribution in [3.8, 4) is 5.75 Å². The molecule has 0 radical (unpaired) electrons. The first kappa shape index (κ1) is 22.4. The average molecular weight is 410 g/mol. The first-order chi connectivity index (χ1) is 13.2. The zero-order valence-electron chi connectivity index (χ0n) is 17.1. The second-order valence-corrected chi connectivity index (χ2v) is 9.30. The van der Waals surface area contributed by atoms with Gasteiger partial charge in [-0.05, 0) is 49.1 Å². The van der Waals surface area contributed by atoms with E-state index in [-0.39, 0.29) is 16.6 Å². The lowest BCUT2D eigenvalue weighted by Crippen LogP contribution is -2.42. The fourth-order valence-electron chi connectivity index (χ4n) is 3.66. The van der Waals surface area contributed by atoms with E-state index in [1.807, 2.05) is 0 Å². The van der Waals surface area contributed by atoms with E-state index < -0.39 is 10.0 Å². The number of likely N-dealkylation sites (tertiary alicyclic amines) is 1. The molecule has 0 bridgehead atoms. The minimum absolute atomic E-state index is 0.0356. The van der Waals surface area contributed by atoms with Gasteiger partial charge in [-0.3, -0.25) is 4.79 Å². The number of hydrogen-bond donors (Lipinski definition) is 2. The Balaban J connectivity index is 1.92. The van der Waals surface area contributed by atoms with Crippen molar-refractivity contribution in [1.82, 2.24) is 14.9 Å². The summed E-state index contributed by atoms with van der Waals surface area (Å²) in [5.74, 6) is 1.43. The van der Waals surface area contributed by atoms with Crippen LogP contribution in [0, 0.1) is 11.8 Å². The number of nitrogens with one attached hydrogen (secondary N) is 2. The number of amides is 1. The summed E-state index contributed by atoms with van der Waals surface area (Å²) in [6.45, 7) is 8.10. The maximum atomic E-state index is 12.1. The molecule has 1 aromatic rings. The van der Waals surface area contributed by atoms with Crippen LogP contribution < -0.4 is 14.8 Å². The van der Waals surface area contributed by atoms with Crippen LogP contribution in [0.3, 0.4) is 0 Å². The highest BCUT2D eigenvalue weighted by molar-refractivity contribution is 7.89. The highest BCUT2D eigenvalue weighted by Gasteiger charge is 2.21. The van der Waals surface area contributed by atoms with Crippen molar-refractivity contribution in [2.75, 3.05) is 40.3 Å². The van der Waals surface area contributed by atoms with E-state index in [1.54, 1.807) is 18.2 Å². The quantitative estimate of drug-likeness (QED) is 0.638. The number of benzene rings is 1. The molecule has 1 heterocycles. The van der Waals surface area contributed by atoms with Gasteiger partial charge < -0.3 is 15.0 Å². The maximum Gasteiger partial charge on any atom is 0.244 e. The minimum atomic E-state index is -3.65. The number of sulfonamides is 1. The van der Waals surface area contributed by atoms with Gasteiger partial charge >= 0.3 is 0 Å². The molecule has 1 aromatic carbocycles. The van der Waals surface area contributed by atoms with Crippen LogP contribution in [0.4, 0.5) is 0 Å². The number of nitrogens with zero attached hydrogens (tertiary/aromatic N) is 1. The maximum absolute atomic E-state index is 12.1. The van der Waals surface area contributed by atoms with Gasteiger partial charge in [0.15, 0.2) is 0 Å². The predicted molar refractivity (Wildman–Crippen MR) is 111 cm³/mol. The molecular weight excluding hydrogens is 378 g/mol. The molecule has 2 unspecified atom stereocenters. The molecule has 2 rings (SSSR count). The molecule has 28 heavy (non-hydrogen) atoms. The van der Waals surface area contributed by atoms with Crippen molar-refractivity contribution in [2.45, 2.75) is 25.2 Å². The standard InChI is InChI=1S/C20H31N3O4S/c1-15-11-16(2)14-23(13-15)10-9-22-20(24)8-6-17-5-7-18(27-4)19(12-17)28(25,26)21-3/h5-8,12,15-16,21H,9-11,13-14H2,1-4H3,(H,22,24)/b8-6+.